The summed E-state index contributed by atoms with van der Waals surface area (Å²) in [6.45, 7) is 1.97. The predicted octanol–water partition coefficient (Wildman–Crippen LogP) is 3.51. The van der Waals surface area contributed by atoms with E-state index < -0.39 is 4.92 Å². The lowest BCUT2D eigenvalue weighted by Crippen LogP contribution is -2.35. The number of fused-ring (bicyclic) bond motifs is 1. The number of anilines is 1. The van der Waals surface area contributed by atoms with Crippen LogP contribution < -0.4 is 9.64 Å². The van der Waals surface area contributed by atoms with Gasteiger partial charge in [0.15, 0.2) is 0 Å². The molecule has 0 bridgehead atoms. The van der Waals surface area contributed by atoms with E-state index in [1.807, 2.05) is 31.2 Å². The van der Waals surface area contributed by atoms with Crippen LogP contribution >= 0.6 is 0 Å². The molecule has 6 heteroatoms. The average Bonchev–Trinajstić information content (AvgIpc) is 2.94. The second-order valence-corrected chi connectivity index (χ2v) is 6.20. The third-order valence-electron chi connectivity index (χ3n) is 4.56. The van der Waals surface area contributed by atoms with Crippen LogP contribution in [-0.4, -0.2) is 24.0 Å². The normalized spacial score (nSPS) is 15.8. The lowest BCUT2D eigenvalue weighted by atomic mass is 10.1. The number of carbonyl (C=O) groups is 1. The summed E-state index contributed by atoms with van der Waals surface area (Å²) >= 11 is 0. The van der Waals surface area contributed by atoms with Crippen molar-refractivity contribution in [2.24, 2.45) is 0 Å². The molecule has 0 saturated carbocycles. The quantitative estimate of drug-likeness (QED) is 0.617. The Hall–Kier alpha value is -2.89. The van der Waals surface area contributed by atoms with Crippen molar-refractivity contribution in [1.29, 1.82) is 0 Å². The second kappa shape index (κ2) is 6.93. The van der Waals surface area contributed by atoms with Gasteiger partial charge in [-0.05, 0) is 43.0 Å². The predicted molar refractivity (Wildman–Crippen MR) is 95.1 cm³/mol. The molecule has 2 aromatic carbocycles. The van der Waals surface area contributed by atoms with Crippen LogP contribution in [0, 0.1) is 10.1 Å². The molecular weight excluding hydrogens is 320 g/mol. The number of hydrogen-bond acceptors (Lipinski definition) is 4. The summed E-state index contributed by atoms with van der Waals surface area (Å²) in [4.78, 5) is 25.0. The molecular formula is C19H20N2O4. The van der Waals surface area contributed by atoms with Crippen molar-refractivity contribution in [3.8, 4) is 5.75 Å². The van der Waals surface area contributed by atoms with E-state index >= 15 is 0 Å². The fourth-order valence-corrected chi connectivity index (χ4v) is 3.38. The number of nitrogens with zero attached hydrogens (tertiary/aromatic N) is 2. The molecule has 1 amide bonds. The Balaban J connectivity index is 1.76. The highest BCUT2D eigenvalue weighted by Crippen LogP contribution is 2.35. The largest absolute Gasteiger partial charge is 0.496 e. The van der Waals surface area contributed by atoms with Crippen molar-refractivity contribution in [1.82, 2.24) is 0 Å². The summed E-state index contributed by atoms with van der Waals surface area (Å²) in [6, 6.07) is 12.4. The number of para-hydroxylation sites is 1. The molecule has 1 unspecified atom stereocenters. The topological polar surface area (TPSA) is 72.7 Å². The summed E-state index contributed by atoms with van der Waals surface area (Å²) in [6.07, 6.45) is 1.59. The number of amides is 1. The van der Waals surface area contributed by atoms with Gasteiger partial charge in [-0.1, -0.05) is 18.2 Å². The van der Waals surface area contributed by atoms with Crippen LogP contribution in [0.4, 0.5) is 11.4 Å². The maximum Gasteiger partial charge on any atom is 0.269 e. The van der Waals surface area contributed by atoms with Gasteiger partial charge in [0.1, 0.15) is 5.75 Å². The molecule has 1 atom stereocenters. The summed E-state index contributed by atoms with van der Waals surface area (Å²) in [5.41, 5.74) is 2.69. The van der Waals surface area contributed by atoms with Crippen LogP contribution in [0.25, 0.3) is 0 Å². The molecule has 0 fully saturated rings. The molecule has 1 heterocycles. The molecule has 130 valence electrons. The fraction of sp³-hybridized carbons (Fsp3) is 0.316. The minimum atomic E-state index is -0.406. The summed E-state index contributed by atoms with van der Waals surface area (Å²) in [5.74, 6) is 0.798. The monoisotopic (exact) mass is 340 g/mol. The van der Waals surface area contributed by atoms with Crippen molar-refractivity contribution in [2.45, 2.75) is 32.2 Å². The zero-order valence-electron chi connectivity index (χ0n) is 14.3. The number of non-ortho nitro benzene ring substituents is 1. The van der Waals surface area contributed by atoms with Crippen molar-refractivity contribution < 1.29 is 14.5 Å². The molecule has 0 N–H and O–H groups in total. The Labute approximate surface area is 146 Å². The van der Waals surface area contributed by atoms with E-state index in [9.17, 15) is 14.9 Å². The summed E-state index contributed by atoms with van der Waals surface area (Å²) in [7, 11) is 1.62. The number of nitro groups is 1. The molecule has 0 spiro atoms. The van der Waals surface area contributed by atoms with Gasteiger partial charge >= 0.3 is 0 Å². The van der Waals surface area contributed by atoms with E-state index in [1.54, 1.807) is 24.1 Å². The van der Waals surface area contributed by atoms with Gasteiger partial charge < -0.3 is 9.64 Å². The maximum absolute atomic E-state index is 12.8. The standard InChI is InChI=1S/C19H20N2O4/c1-13-11-15-12-16(21(23)24)8-9-17(15)20(13)19(22)10-7-14-5-3-4-6-18(14)25-2/h3-6,8-9,12-13H,7,10-11H2,1-2H3. The van der Waals surface area contributed by atoms with Gasteiger partial charge in [0.05, 0.1) is 12.0 Å². The van der Waals surface area contributed by atoms with E-state index in [2.05, 4.69) is 0 Å². The lowest BCUT2D eigenvalue weighted by molar-refractivity contribution is -0.384. The molecule has 0 radical (unpaired) electrons. The number of carbonyl (C=O) groups excluding carboxylic acids is 1. The highest BCUT2D eigenvalue weighted by molar-refractivity contribution is 5.96. The van der Waals surface area contributed by atoms with Crippen LogP contribution in [-0.2, 0) is 17.6 Å². The first-order valence-corrected chi connectivity index (χ1v) is 8.22. The summed E-state index contributed by atoms with van der Waals surface area (Å²) in [5, 5.41) is 10.9. The number of methoxy groups -OCH3 is 1. The van der Waals surface area contributed by atoms with Gasteiger partial charge in [-0.25, -0.2) is 0 Å². The SMILES string of the molecule is COc1ccccc1CCC(=O)N1c2ccc([N+](=O)[O-])cc2CC1C. The number of nitro benzene ring substituents is 1. The number of rotatable bonds is 5. The first kappa shape index (κ1) is 17.0. The molecule has 3 rings (SSSR count). The van der Waals surface area contributed by atoms with Gasteiger partial charge in [0.25, 0.3) is 5.69 Å². The highest BCUT2D eigenvalue weighted by atomic mass is 16.6. The maximum atomic E-state index is 12.8. The lowest BCUT2D eigenvalue weighted by Gasteiger charge is -2.23. The third kappa shape index (κ3) is 3.33. The molecule has 6 nitrogen and oxygen atoms in total. The second-order valence-electron chi connectivity index (χ2n) is 6.20. The van der Waals surface area contributed by atoms with E-state index in [0.717, 1.165) is 22.6 Å². The van der Waals surface area contributed by atoms with Crippen LogP contribution in [0.2, 0.25) is 0 Å². The molecule has 2 aromatic rings. The van der Waals surface area contributed by atoms with Crippen LogP contribution in [0.15, 0.2) is 42.5 Å². The number of benzene rings is 2. The van der Waals surface area contributed by atoms with Gasteiger partial charge in [0, 0.05) is 30.3 Å². The van der Waals surface area contributed by atoms with Crippen molar-refractivity contribution >= 4 is 17.3 Å². The van der Waals surface area contributed by atoms with Crippen molar-refractivity contribution in [3.05, 3.63) is 63.7 Å². The molecule has 25 heavy (non-hydrogen) atoms. The fourth-order valence-electron chi connectivity index (χ4n) is 3.38. The third-order valence-corrected chi connectivity index (χ3v) is 4.56. The van der Waals surface area contributed by atoms with Crippen LogP contribution in [0.3, 0.4) is 0 Å². The minimum Gasteiger partial charge on any atom is -0.496 e. The Kier molecular flexibility index (Phi) is 4.70. The first-order chi connectivity index (χ1) is 12.0. The molecule has 0 aliphatic carbocycles. The molecule has 1 aliphatic rings. The Bertz CT molecular complexity index is 819. The molecule has 0 saturated heterocycles. The Morgan fingerprint density at radius 2 is 2.08 bits per heavy atom. The Morgan fingerprint density at radius 3 is 2.80 bits per heavy atom. The van der Waals surface area contributed by atoms with Crippen molar-refractivity contribution in [3.63, 3.8) is 0 Å². The average molecular weight is 340 g/mol. The highest BCUT2D eigenvalue weighted by Gasteiger charge is 2.31. The zero-order valence-corrected chi connectivity index (χ0v) is 14.3. The van der Waals surface area contributed by atoms with Crippen LogP contribution in [0.1, 0.15) is 24.5 Å². The van der Waals surface area contributed by atoms with Crippen molar-refractivity contribution in [2.75, 3.05) is 12.0 Å². The minimum absolute atomic E-state index is 0.00201. The summed E-state index contributed by atoms with van der Waals surface area (Å²) < 4.78 is 5.33. The first-order valence-electron chi connectivity index (χ1n) is 8.22. The van der Waals surface area contributed by atoms with E-state index in [1.165, 1.54) is 6.07 Å². The van der Waals surface area contributed by atoms with E-state index in [0.29, 0.717) is 19.3 Å². The van der Waals surface area contributed by atoms with Crippen LogP contribution in [0.5, 0.6) is 5.75 Å². The van der Waals surface area contributed by atoms with E-state index in [-0.39, 0.29) is 17.6 Å². The number of ether oxygens (including phenoxy) is 1. The van der Waals surface area contributed by atoms with Gasteiger partial charge in [-0.3, -0.25) is 14.9 Å². The Morgan fingerprint density at radius 1 is 1.32 bits per heavy atom. The van der Waals surface area contributed by atoms with Gasteiger partial charge in [-0.2, -0.15) is 0 Å². The molecule has 0 aromatic heterocycles. The zero-order chi connectivity index (χ0) is 18.0. The smallest absolute Gasteiger partial charge is 0.269 e. The number of aryl methyl sites for hydroxylation is 1. The number of hydrogen-bond donors (Lipinski definition) is 0. The van der Waals surface area contributed by atoms with Gasteiger partial charge in [-0.15, -0.1) is 0 Å². The van der Waals surface area contributed by atoms with Gasteiger partial charge in [0.2, 0.25) is 5.91 Å². The van der Waals surface area contributed by atoms with E-state index in [4.69, 9.17) is 4.74 Å². The molecule has 1 aliphatic heterocycles.